The summed E-state index contributed by atoms with van der Waals surface area (Å²) < 4.78 is 6.01. The van der Waals surface area contributed by atoms with Crippen molar-refractivity contribution < 1.29 is 19.4 Å². The van der Waals surface area contributed by atoms with E-state index in [1.807, 2.05) is 30.3 Å². The van der Waals surface area contributed by atoms with E-state index < -0.39 is 0 Å². The highest BCUT2D eigenvalue weighted by atomic mass is 79.9. The third-order valence-electron chi connectivity index (χ3n) is 9.61. The van der Waals surface area contributed by atoms with Crippen molar-refractivity contribution in [1.29, 1.82) is 0 Å². The zero-order valence-corrected chi connectivity index (χ0v) is 30.6. The van der Waals surface area contributed by atoms with Crippen LogP contribution in [-0.4, -0.2) is 16.7 Å². The van der Waals surface area contributed by atoms with Crippen LogP contribution in [0.15, 0.2) is 133 Å². The molecule has 0 bridgehead atoms. The fourth-order valence-corrected chi connectivity index (χ4v) is 7.26. The standard InChI is InChI=1S/C23H20O2.C14H13Br.C9H8O2/c1-16-19(8-5-9-21(16)17-6-3-2-4-7-17)15-25-20-11-12-22-18(14-20)10-13-23(22)24;1-11-13(10-15)8-5-9-14(11)12-6-3-2-4-7-12;10-7-2-3-8-6(5-7)1-4-9(8)11/h2-9,11-12,14H,10,13,15H2,1H3;2-9H,10H2,1H3;2-3,5,10H,1,4H2. The van der Waals surface area contributed by atoms with E-state index in [1.165, 1.54) is 44.5 Å². The normalized spacial score (nSPS) is 12.6. The number of Topliss-reactive ketones (excluding diaryl/α,β-unsaturated/α-hetero) is 2. The minimum atomic E-state index is 0.194. The summed E-state index contributed by atoms with van der Waals surface area (Å²) in [5.41, 5.74) is 13.9. The molecule has 0 aliphatic heterocycles. The molecular formula is C46H41BrO4. The van der Waals surface area contributed by atoms with Crippen molar-refractivity contribution in [3.05, 3.63) is 178 Å². The number of carbonyl (C=O) groups excluding carboxylic acids is 2. The van der Waals surface area contributed by atoms with Gasteiger partial charge in [0.2, 0.25) is 0 Å². The van der Waals surface area contributed by atoms with Crippen molar-refractivity contribution in [2.75, 3.05) is 0 Å². The van der Waals surface area contributed by atoms with Crippen molar-refractivity contribution in [2.24, 2.45) is 0 Å². The highest BCUT2D eigenvalue weighted by Crippen LogP contribution is 2.30. The van der Waals surface area contributed by atoms with E-state index >= 15 is 0 Å². The number of hydrogen-bond acceptors (Lipinski definition) is 4. The summed E-state index contributed by atoms with van der Waals surface area (Å²) in [5, 5.41) is 9.99. The molecule has 5 heteroatoms. The second-order valence-electron chi connectivity index (χ2n) is 12.8. The lowest BCUT2D eigenvalue weighted by atomic mass is 9.97. The largest absolute Gasteiger partial charge is 0.508 e. The Morgan fingerprint density at radius 1 is 0.549 bits per heavy atom. The van der Waals surface area contributed by atoms with Gasteiger partial charge in [0, 0.05) is 29.3 Å². The zero-order chi connectivity index (χ0) is 35.7. The molecule has 2 aliphatic rings. The van der Waals surface area contributed by atoms with Gasteiger partial charge in [0.15, 0.2) is 11.6 Å². The van der Waals surface area contributed by atoms with Gasteiger partial charge in [0.1, 0.15) is 18.1 Å². The first-order valence-electron chi connectivity index (χ1n) is 17.3. The topological polar surface area (TPSA) is 63.6 Å². The second-order valence-corrected chi connectivity index (χ2v) is 13.4. The van der Waals surface area contributed by atoms with Gasteiger partial charge >= 0.3 is 0 Å². The molecule has 0 saturated carbocycles. The number of aromatic hydroxyl groups is 1. The number of halogens is 1. The highest BCUT2D eigenvalue weighted by Gasteiger charge is 2.20. The van der Waals surface area contributed by atoms with Crippen LogP contribution in [0.3, 0.4) is 0 Å². The quantitative estimate of drug-likeness (QED) is 0.173. The summed E-state index contributed by atoms with van der Waals surface area (Å²) in [6, 6.07) is 44.4. The molecule has 0 saturated heterocycles. The number of alkyl halides is 1. The SMILES string of the molecule is Cc1c(CBr)cccc1-c1ccccc1.Cc1c(COc2ccc3c(c2)CCC3=O)cccc1-c1ccccc1.O=C1CCc2cc(O)ccc21. The van der Waals surface area contributed by atoms with Gasteiger partial charge in [-0.15, -0.1) is 0 Å². The summed E-state index contributed by atoms with van der Waals surface area (Å²) in [6.07, 6.45) is 2.83. The van der Waals surface area contributed by atoms with Gasteiger partial charge in [-0.1, -0.05) is 113 Å². The number of ketones is 2. The average molecular weight is 738 g/mol. The van der Waals surface area contributed by atoms with Crippen molar-refractivity contribution in [3.8, 4) is 33.8 Å². The zero-order valence-electron chi connectivity index (χ0n) is 29.0. The third kappa shape index (κ3) is 8.56. The Morgan fingerprint density at radius 2 is 1.06 bits per heavy atom. The second kappa shape index (κ2) is 16.6. The molecule has 0 unspecified atom stereocenters. The van der Waals surface area contributed by atoms with Crippen LogP contribution < -0.4 is 4.74 Å². The summed E-state index contributed by atoms with van der Waals surface area (Å²) in [7, 11) is 0. The highest BCUT2D eigenvalue weighted by molar-refractivity contribution is 9.08. The molecule has 4 nitrogen and oxygen atoms in total. The number of ether oxygens (including phenoxy) is 1. The van der Waals surface area contributed by atoms with Gasteiger partial charge in [-0.25, -0.2) is 0 Å². The Balaban J connectivity index is 0.000000146. The minimum Gasteiger partial charge on any atom is -0.508 e. The first-order chi connectivity index (χ1) is 24.8. The monoisotopic (exact) mass is 736 g/mol. The van der Waals surface area contributed by atoms with Crippen LogP contribution in [-0.2, 0) is 24.8 Å². The number of phenols is 1. The molecular weight excluding hydrogens is 696 g/mol. The van der Waals surface area contributed by atoms with E-state index in [-0.39, 0.29) is 17.3 Å². The average Bonchev–Trinajstić information content (AvgIpc) is 3.73. The Hall–Kier alpha value is -5.26. The van der Waals surface area contributed by atoms with Gasteiger partial charge in [-0.05, 0) is 119 Å². The maximum atomic E-state index is 11.7. The minimum absolute atomic E-state index is 0.194. The molecule has 0 heterocycles. The molecule has 6 aromatic rings. The predicted molar refractivity (Wildman–Crippen MR) is 210 cm³/mol. The maximum Gasteiger partial charge on any atom is 0.163 e. The van der Waals surface area contributed by atoms with Crippen molar-refractivity contribution >= 4 is 27.5 Å². The molecule has 1 N–H and O–H groups in total. The van der Waals surface area contributed by atoms with Crippen LogP contribution in [0.5, 0.6) is 11.5 Å². The van der Waals surface area contributed by atoms with Crippen molar-refractivity contribution in [1.82, 2.24) is 0 Å². The molecule has 51 heavy (non-hydrogen) atoms. The summed E-state index contributed by atoms with van der Waals surface area (Å²) >= 11 is 3.52. The summed E-state index contributed by atoms with van der Waals surface area (Å²) in [4.78, 5) is 22.8. The van der Waals surface area contributed by atoms with Gasteiger partial charge in [-0.2, -0.15) is 0 Å². The molecule has 0 fully saturated rings. The Bertz CT molecular complexity index is 2150. The molecule has 0 amide bonds. The first kappa shape index (κ1) is 35.6. The van der Waals surface area contributed by atoms with Crippen LogP contribution in [0.4, 0.5) is 0 Å². The van der Waals surface area contributed by atoms with Gasteiger partial charge in [0.25, 0.3) is 0 Å². The molecule has 2 aliphatic carbocycles. The van der Waals surface area contributed by atoms with Crippen LogP contribution in [0, 0.1) is 13.8 Å². The smallest absolute Gasteiger partial charge is 0.163 e. The summed E-state index contributed by atoms with van der Waals surface area (Å²) in [6.45, 7) is 4.85. The molecule has 0 atom stereocenters. The van der Waals surface area contributed by atoms with Crippen LogP contribution >= 0.6 is 15.9 Å². The van der Waals surface area contributed by atoms with Crippen LogP contribution in [0.25, 0.3) is 22.3 Å². The lowest BCUT2D eigenvalue weighted by Gasteiger charge is -2.13. The van der Waals surface area contributed by atoms with Crippen LogP contribution in [0.2, 0.25) is 0 Å². The molecule has 8 rings (SSSR count). The number of rotatable bonds is 6. The molecule has 256 valence electrons. The molecule has 0 spiro atoms. The Labute approximate surface area is 308 Å². The first-order valence-corrected chi connectivity index (χ1v) is 18.4. The number of fused-ring (bicyclic) bond motifs is 2. The number of aryl methyl sites for hydroxylation is 2. The fourth-order valence-electron chi connectivity index (χ4n) is 6.65. The van der Waals surface area contributed by atoms with E-state index in [1.54, 1.807) is 18.2 Å². The molecule has 6 aromatic carbocycles. The lowest BCUT2D eigenvalue weighted by molar-refractivity contribution is 0.0986. The lowest BCUT2D eigenvalue weighted by Crippen LogP contribution is -2.00. The number of carbonyl (C=O) groups is 2. The Morgan fingerprint density at radius 3 is 1.63 bits per heavy atom. The van der Waals surface area contributed by atoms with Gasteiger partial charge in [0.05, 0.1) is 0 Å². The summed E-state index contributed by atoms with van der Waals surface area (Å²) in [5.74, 6) is 1.52. The van der Waals surface area contributed by atoms with Crippen LogP contribution in [0.1, 0.15) is 66.9 Å². The number of hydrogen-bond donors (Lipinski definition) is 1. The fraction of sp³-hybridized carbons (Fsp3) is 0.174. The predicted octanol–water partition coefficient (Wildman–Crippen LogP) is 11.4. The molecule has 0 aromatic heterocycles. The van der Waals surface area contributed by atoms with E-state index in [0.29, 0.717) is 19.4 Å². The van der Waals surface area contributed by atoms with E-state index in [9.17, 15) is 9.59 Å². The molecule has 0 radical (unpaired) electrons. The van der Waals surface area contributed by atoms with Crippen molar-refractivity contribution in [2.45, 2.75) is 51.5 Å². The van der Waals surface area contributed by atoms with E-state index in [0.717, 1.165) is 46.2 Å². The van der Waals surface area contributed by atoms with Crippen molar-refractivity contribution in [3.63, 3.8) is 0 Å². The Kier molecular flexibility index (Phi) is 11.6. The van der Waals surface area contributed by atoms with E-state index in [2.05, 4.69) is 115 Å². The third-order valence-corrected chi connectivity index (χ3v) is 10.2. The van der Waals surface area contributed by atoms with Gasteiger partial charge in [-0.3, -0.25) is 9.59 Å². The maximum absolute atomic E-state index is 11.7. The number of benzene rings is 6. The van der Waals surface area contributed by atoms with Gasteiger partial charge < -0.3 is 9.84 Å². The van der Waals surface area contributed by atoms with E-state index in [4.69, 9.17) is 9.84 Å². The number of phenolic OH excluding ortho intramolecular Hbond substituents is 1.